The molecule has 0 spiro atoms. The predicted octanol–water partition coefficient (Wildman–Crippen LogP) is 2.99. The Balaban J connectivity index is 0.000000436. The Labute approximate surface area is 134 Å². The minimum Gasteiger partial charge on any atom is -0.512 e. The molecule has 0 unspecified atom stereocenters. The number of rotatable bonds is 2. The van der Waals surface area contributed by atoms with E-state index in [-0.39, 0.29) is 37.3 Å². The van der Waals surface area contributed by atoms with Gasteiger partial charge in [-0.1, -0.05) is 0 Å². The van der Waals surface area contributed by atoms with Gasteiger partial charge in [0.25, 0.3) is 0 Å². The Morgan fingerprint density at radius 3 is 2.48 bits per heavy atom. The van der Waals surface area contributed by atoms with Gasteiger partial charge >= 0.3 is 0 Å². The number of nitrogens with zero attached hydrogens (tertiary/aromatic N) is 2. The summed E-state index contributed by atoms with van der Waals surface area (Å²) >= 11 is 0. The van der Waals surface area contributed by atoms with Gasteiger partial charge in [0, 0.05) is 50.2 Å². The van der Waals surface area contributed by atoms with Crippen LogP contribution >= 0.6 is 0 Å². The summed E-state index contributed by atoms with van der Waals surface area (Å²) in [5.74, 6) is -1.38. The van der Waals surface area contributed by atoms with Crippen LogP contribution in [0.25, 0.3) is 5.69 Å². The number of aliphatic hydroxyl groups is 1. The maximum absolute atomic E-state index is 13.1. The number of benzene rings is 1. The Hall–Kier alpha value is -1.85. The second-order valence-electron chi connectivity index (χ2n) is 3.86. The van der Waals surface area contributed by atoms with E-state index in [9.17, 15) is 13.6 Å². The molecular formula is C14H13F2IrN2O2-. The van der Waals surface area contributed by atoms with Gasteiger partial charge in [-0.3, -0.25) is 18.3 Å². The fourth-order valence-electron chi connectivity index (χ4n) is 1.31. The molecule has 0 fully saturated rings. The van der Waals surface area contributed by atoms with E-state index in [2.05, 4.69) is 11.2 Å². The molecule has 1 aromatic heterocycles. The van der Waals surface area contributed by atoms with E-state index in [1.54, 1.807) is 12.3 Å². The molecule has 1 radical (unpaired) electrons. The van der Waals surface area contributed by atoms with Gasteiger partial charge in [0.05, 0.1) is 5.76 Å². The van der Waals surface area contributed by atoms with Gasteiger partial charge < -0.3 is 5.11 Å². The molecule has 115 valence electrons. The first-order valence-corrected chi connectivity index (χ1v) is 5.64. The first-order chi connectivity index (χ1) is 9.40. The normalized spacial score (nSPS) is 10.2. The second-order valence-corrected chi connectivity index (χ2v) is 3.86. The molecule has 0 saturated carbocycles. The fourth-order valence-corrected chi connectivity index (χ4v) is 1.31. The quantitative estimate of drug-likeness (QED) is 0.416. The number of halogens is 2. The third kappa shape index (κ3) is 6.92. The van der Waals surface area contributed by atoms with E-state index in [1.165, 1.54) is 30.8 Å². The SMILES string of the molecule is CC(=O)/C=C(/C)O.Fc1c[c-]c(-n2cccn2)c(F)c1.[Ir]. The molecule has 2 rings (SSSR count). The molecule has 1 heterocycles. The number of hydrogen-bond acceptors (Lipinski definition) is 3. The largest absolute Gasteiger partial charge is 0.512 e. The van der Waals surface area contributed by atoms with Crippen molar-refractivity contribution < 1.29 is 38.8 Å². The summed E-state index contributed by atoms with van der Waals surface area (Å²) in [7, 11) is 0. The Morgan fingerprint density at radius 1 is 1.43 bits per heavy atom. The van der Waals surface area contributed by atoms with E-state index in [0.29, 0.717) is 0 Å². The van der Waals surface area contributed by atoms with Crippen molar-refractivity contribution >= 4 is 5.78 Å². The van der Waals surface area contributed by atoms with Gasteiger partial charge in [-0.05, 0) is 25.6 Å². The summed E-state index contributed by atoms with van der Waals surface area (Å²) in [6.45, 7) is 2.85. The smallest absolute Gasteiger partial charge is 0.155 e. The monoisotopic (exact) mass is 472 g/mol. The van der Waals surface area contributed by atoms with Crippen LogP contribution in [0.15, 0.2) is 42.4 Å². The van der Waals surface area contributed by atoms with Gasteiger partial charge in [0.2, 0.25) is 0 Å². The molecular weight excluding hydrogens is 458 g/mol. The van der Waals surface area contributed by atoms with Crippen LogP contribution in [0.5, 0.6) is 0 Å². The Kier molecular flexibility index (Phi) is 8.35. The van der Waals surface area contributed by atoms with E-state index >= 15 is 0 Å². The van der Waals surface area contributed by atoms with Gasteiger partial charge in [-0.15, -0.1) is 12.1 Å². The van der Waals surface area contributed by atoms with Gasteiger partial charge in [-0.2, -0.15) is 11.2 Å². The molecule has 0 saturated heterocycles. The van der Waals surface area contributed by atoms with Crippen molar-refractivity contribution in [2.24, 2.45) is 0 Å². The number of aromatic nitrogens is 2. The number of allylic oxidation sites excluding steroid dienone is 2. The Bertz CT molecular complexity index is 609. The topological polar surface area (TPSA) is 55.1 Å². The number of hydrogen-bond donors (Lipinski definition) is 1. The molecule has 4 nitrogen and oxygen atoms in total. The van der Waals surface area contributed by atoms with Crippen molar-refractivity contribution in [1.29, 1.82) is 0 Å². The standard InChI is InChI=1S/C9H5F2N2.C5H8O2.Ir/c10-7-2-3-9(8(11)6-7)13-5-1-4-12-13;1-4(6)3-5(2)7;/h1-2,4-6H;3,6H,1-2H3;/q-1;;/b;4-3-;. The number of carbonyl (C=O) groups is 1. The zero-order chi connectivity index (χ0) is 15.1. The first kappa shape index (κ1) is 19.1. The molecule has 7 heteroatoms. The summed E-state index contributed by atoms with van der Waals surface area (Å²) in [5.41, 5.74) is 0.117. The van der Waals surface area contributed by atoms with Crippen molar-refractivity contribution in [3.05, 3.63) is 60.1 Å². The average Bonchev–Trinajstić information content (AvgIpc) is 2.81. The van der Waals surface area contributed by atoms with Crippen molar-refractivity contribution in [1.82, 2.24) is 9.78 Å². The van der Waals surface area contributed by atoms with Crippen molar-refractivity contribution in [3.8, 4) is 5.69 Å². The van der Waals surface area contributed by atoms with Crippen molar-refractivity contribution in [2.45, 2.75) is 13.8 Å². The minimum absolute atomic E-state index is 0. The van der Waals surface area contributed by atoms with Crippen LogP contribution in [-0.4, -0.2) is 20.7 Å². The molecule has 0 aliphatic rings. The van der Waals surface area contributed by atoms with E-state index in [4.69, 9.17) is 5.11 Å². The zero-order valence-corrected chi connectivity index (χ0v) is 13.7. The number of carbonyl (C=O) groups excluding carboxylic acids is 1. The maximum Gasteiger partial charge on any atom is 0.155 e. The minimum atomic E-state index is -0.677. The molecule has 0 amide bonds. The molecule has 1 aromatic carbocycles. The van der Waals surface area contributed by atoms with Gasteiger partial charge in [0.1, 0.15) is 0 Å². The zero-order valence-electron chi connectivity index (χ0n) is 11.3. The summed E-state index contributed by atoms with van der Waals surface area (Å²) in [4.78, 5) is 10.0. The molecule has 0 bridgehead atoms. The van der Waals surface area contributed by atoms with E-state index < -0.39 is 11.6 Å². The summed E-state index contributed by atoms with van der Waals surface area (Å²) < 4.78 is 26.9. The van der Waals surface area contributed by atoms with Crippen LogP contribution in [0.3, 0.4) is 0 Å². The molecule has 1 N–H and O–H groups in total. The predicted molar refractivity (Wildman–Crippen MR) is 69.4 cm³/mol. The van der Waals surface area contributed by atoms with Crippen LogP contribution in [0.4, 0.5) is 8.78 Å². The molecule has 0 atom stereocenters. The van der Waals surface area contributed by atoms with Crippen LogP contribution in [0.2, 0.25) is 0 Å². The van der Waals surface area contributed by atoms with Gasteiger partial charge in [-0.25, -0.2) is 0 Å². The first-order valence-electron chi connectivity index (χ1n) is 5.64. The van der Waals surface area contributed by atoms with E-state index in [1.807, 2.05) is 0 Å². The Morgan fingerprint density at radius 2 is 2.10 bits per heavy atom. The molecule has 0 aliphatic heterocycles. The van der Waals surface area contributed by atoms with Crippen LogP contribution in [0, 0.1) is 17.7 Å². The average molecular weight is 471 g/mol. The molecule has 21 heavy (non-hydrogen) atoms. The second kappa shape index (κ2) is 9.15. The summed E-state index contributed by atoms with van der Waals surface area (Å²) in [6, 6.07) is 5.98. The summed E-state index contributed by atoms with van der Waals surface area (Å²) in [5, 5.41) is 12.2. The van der Waals surface area contributed by atoms with Crippen molar-refractivity contribution in [3.63, 3.8) is 0 Å². The summed E-state index contributed by atoms with van der Waals surface area (Å²) in [6.07, 6.45) is 4.24. The number of aliphatic hydroxyl groups excluding tert-OH is 1. The number of ketones is 1. The third-order valence-electron chi connectivity index (χ3n) is 1.98. The van der Waals surface area contributed by atoms with Gasteiger partial charge in [0.15, 0.2) is 5.78 Å². The van der Waals surface area contributed by atoms with E-state index in [0.717, 1.165) is 12.1 Å². The molecule has 0 aliphatic carbocycles. The van der Waals surface area contributed by atoms with Crippen molar-refractivity contribution in [2.75, 3.05) is 0 Å². The third-order valence-corrected chi connectivity index (χ3v) is 1.98. The fraction of sp³-hybridized carbons (Fsp3) is 0.143. The van der Waals surface area contributed by atoms with Crippen LogP contribution < -0.4 is 0 Å². The van der Waals surface area contributed by atoms with Crippen LogP contribution in [0.1, 0.15) is 13.8 Å². The van der Waals surface area contributed by atoms with Crippen LogP contribution in [-0.2, 0) is 24.9 Å². The maximum atomic E-state index is 13.1. The molecule has 2 aromatic rings.